The molecule has 0 heterocycles. The molecule has 0 unspecified atom stereocenters. The number of hydrogen-bond acceptors (Lipinski definition) is 0. The Hall–Kier alpha value is -0.183. The second-order valence-electron chi connectivity index (χ2n) is 2.68. The molecule has 0 aliphatic rings. The second-order valence-corrected chi connectivity index (χ2v) is 2.68. The van der Waals surface area contributed by atoms with Gasteiger partial charge in [-0.05, 0) is 0 Å². The summed E-state index contributed by atoms with van der Waals surface area (Å²) in [6, 6.07) is 8.58. The van der Waals surface area contributed by atoms with E-state index in [1.54, 1.807) is 0 Å². The molecule has 0 aliphatic carbocycles. The maximum absolute atomic E-state index is 2.21. The van der Waals surface area contributed by atoms with Crippen LogP contribution in [0.1, 0.15) is 18.9 Å². The van der Waals surface area contributed by atoms with Crippen LogP contribution in [0.5, 0.6) is 0 Å². The summed E-state index contributed by atoms with van der Waals surface area (Å²) < 4.78 is 1.42. The van der Waals surface area contributed by atoms with Gasteiger partial charge in [0.25, 0.3) is 0 Å². The van der Waals surface area contributed by atoms with Crippen LogP contribution >= 0.6 is 0 Å². The average molecular weight is 126 g/mol. The van der Waals surface area contributed by atoms with Crippen LogP contribution in [-0.2, 0) is 6.42 Å². The Morgan fingerprint density at radius 3 is 2.60 bits per heavy atom. The van der Waals surface area contributed by atoms with Crippen LogP contribution in [-0.4, -0.2) is 17.7 Å². The summed E-state index contributed by atoms with van der Waals surface area (Å²) in [5, 5.41) is 0. The van der Waals surface area contributed by atoms with E-state index in [1.165, 1.54) is 22.6 Å². The zero-order valence-corrected chi connectivity index (χ0v) is 6.72. The third-order valence-corrected chi connectivity index (χ3v) is 1.78. The molecule has 1 aromatic rings. The number of benzene rings is 1. The Kier molecular flexibility index (Phi) is 3.06. The van der Waals surface area contributed by atoms with Crippen LogP contribution in [0.2, 0.25) is 0 Å². The van der Waals surface area contributed by atoms with Gasteiger partial charge in [-0.15, -0.1) is 0 Å². The summed E-state index contributed by atoms with van der Waals surface area (Å²) in [5.41, 5.74) is 1.49. The fraction of sp³-hybridized carbons (Fsp3) is 0.333. The van der Waals surface area contributed by atoms with Gasteiger partial charge in [0.2, 0.25) is 0 Å². The van der Waals surface area contributed by atoms with Gasteiger partial charge >= 0.3 is 71.5 Å². The topological polar surface area (TPSA) is 0 Å². The molecule has 0 fully saturated rings. The molecule has 0 saturated carbocycles. The molecular weight excluding hydrogens is 115 g/mol. The van der Waals surface area contributed by atoms with Crippen LogP contribution in [0.3, 0.4) is 0 Å². The first kappa shape index (κ1) is 7.92. The van der Waals surface area contributed by atoms with E-state index in [1.807, 2.05) is 0 Å². The van der Waals surface area contributed by atoms with Gasteiger partial charge in [0, 0.05) is 0 Å². The Balaban J connectivity index is 2.81. The zero-order valence-electron chi connectivity index (χ0n) is 6.72. The fourth-order valence-electron chi connectivity index (χ4n) is 1.16. The van der Waals surface area contributed by atoms with Crippen molar-refractivity contribution >= 4 is 22.0 Å². The molecule has 0 aliphatic heterocycles. The summed E-state index contributed by atoms with van der Waals surface area (Å²) in [6.07, 6.45) is 2.46. The molecule has 0 saturated heterocycles. The van der Waals surface area contributed by atoms with Crippen LogP contribution in [0.25, 0.3) is 0 Å². The van der Waals surface area contributed by atoms with Gasteiger partial charge in [0.1, 0.15) is 0 Å². The summed E-state index contributed by atoms with van der Waals surface area (Å²) in [7, 11) is 0. The molecular formula is C9H11Li. The number of hydrogen-bond donors (Lipinski definition) is 0. The minimum absolute atomic E-state index is 1.21. The van der Waals surface area contributed by atoms with E-state index in [-0.39, 0.29) is 0 Å². The van der Waals surface area contributed by atoms with Crippen molar-refractivity contribution in [3.8, 4) is 0 Å². The van der Waals surface area contributed by atoms with E-state index in [0.29, 0.717) is 0 Å². The first-order valence-electron chi connectivity index (χ1n) is 3.89. The van der Waals surface area contributed by atoms with Crippen LogP contribution in [0.4, 0.5) is 0 Å². The SMILES string of the molecule is [Li][c]1ccccc1CCC. The predicted molar refractivity (Wildman–Crippen MR) is 45.8 cm³/mol. The van der Waals surface area contributed by atoms with Crippen LogP contribution < -0.4 is 4.24 Å². The zero-order chi connectivity index (χ0) is 7.40. The molecule has 48 valence electrons. The average Bonchev–Trinajstić information content (AvgIpc) is 1.94. The first-order chi connectivity index (χ1) is 4.84. The van der Waals surface area contributed by atoms with Gasteiger partial charge in [-0.3, -0.25) is 0 Å². The van der Waals surface area contributed by atoms with E-state index in [0.717, 1.165) is 0 Å². The van der Waals surface area contributed by atoms with E-state index >= 15 is 0 Å². The van der Waals surface area contributed by atoms with Gasteiger partial charge in [-0.25, -0.2) is 0 Å². The third-order valence-electron chi connectivity index (χ3n) is 1.78. The maximum atomic E-state index is 2.21. The summed E-state index contributed by atoms with van der Waals surface area (Å²) in [6.45, 7) is 2.21. The number of rotatable bonds is 2. The Morgan fingerprint density at radius 2 is 2.00 bits per heavy atom. The molecule has 0 bridgehead atoms. The molecule has 1 heteroatoms. The molecule has 0 nitrogen and oxygen atoms in total. The monoisotopic (exact) mass is 126 g/mol. The van der Waals surface area contributed by atoms with Gasteiger partial charge in [-0.1, -0.05) is 0 Å². The van der Waals surface area contributed by atoms with Crippen LogP contribution in [0.15, 0.2) is 24.3 Å². The van der Waals surface area contributed by atoms with Crippen molar-refractivity contribution in [2.75, 3.05) is 0 Å². The summed E-state index contributed by atoms with van der Waals surface area (Å²) in [5.74, 6) is 0. The summed E-state index contributed by atoms with van der Waals surface area (Å²) in [4.78, 5) is 0. The Bertz CT molecular complexity index is 206. The number of aryl methyl sites for hydroxylation is 1. The Morgan fingerprint density at radius 1 is 1.30 bits per heavy atom. The molecule has 0 spiro atoms. The second kappa shape index (κ2) is 3.86. The van der Waals surface area contributed by atoms with Crippen molar-refractivity contribution in [2.24, 2.45) is 0 Å². The normalized spacial score (nSPS) is 9.90. The summed E-state index contributed by atoms with van der Waals surface area (Å²) >= 11 is 2.17. The first-order valence-corrected chi connectivity index (χ1v) is 3.89. The van der Waals surface area contributed by atoms with Crippen molar-refractivity contribution in [3.05, 3.63) is 29.8 Å². The molecule has 0 aromatic heterocycles. The Labute approximate surface area is 71.8 Å². The van der Waals surface area contributed by atoms with Crippen molar-refractivity contribution in [3.63, 3.8) is 0 Å². The fourth-order valence-corrected chi connectivity index (χ4v) is 1.16. The van der Waals surface area contributed by atoms with E-state index < -0.39 is 0 Å². The molecule has 1 aromatic carbocycles. The van der Waals surface area contributed by atoms with Crippen molar-refractivity contribution < 1.29 is 0 Å². The van der Waals surface area contributed by atoms with Crippen LogP contribution in [0, 0.1) is 0 Å². The van der Waals surface area contributed by atoms with Crippen molar-refractivity contribution in [2.45, 2.75) is 19.8 Å². The third kappa shape index (κ3) is 1.90. The van der Waals surface area contributed by atoms with Gasteiger partial charge in [-0.2, -0.15) is 0 Å². The van der Waals surface area contributed by atoms with Crippen molar-refractivity contribution in [1.29, 1.82) is 0 Å². The molecule has 0 radical (unpaired) electrons. The van der Waals surface area contributed by atoms with E-state index in [4.69, 9.17) is 0 Å². The van der Waals surface area contributed by atoms with Gasteiger partial charge < -0.3 is 0 Å². The van der Waals surface area contributed by atoms with Gasteiger partial charge in [0.15, 0.2) is 0 Å². The molecule has 0 atom stereocenters. The molecule has 0 N–H and O–H groups in total. The molecule has 1 rings (SSSR count). The van der Waals surface area contributed by atoms with E-state index in [2.05, 4.69) is 48.9 Å². The van der Waals surface area contributed by atoms with E-state index in [9.17, 15) is 0 Å². The molecule has 0 amide bonds. The van der Waals surface area contributed by atoms with Crippen molar-refractivity contribution in [1.82, 2.24) is 0 Å². The minimum atomic E-state index is 1.21. The standard InChI is InChI=1S/C9H11.Li/c1-2-6-9-7-4-3-5-8-9;/h3-5,7H,2,6H2,1H3;. The predicted octanol–water partition coefficient (Wildman–Crippen LogP) is 1.43. The molecule has 10 heavy (non-hydrogen) atoms. The quantitative estimate of drug-likeness (QED) is 0.526. The van der Waals surface area contributed by atoms with Gasteiger partial charge in [0.05, 0.1) is 0 Å².